The Morgan fingerprint density at radius 2 is 2.04 bits per heavy atom. The van der Waals surface area contributed by atoms with Crippen molar-refractivity contribution in [2.24, 2.45) is 0 Å². The molecule has 0 saturated carbocycles. The summed E-state index contributed by atoms with van der Waals surface area (Å²) in [5, 5.41) is 8.68. The molecule has 1 aliphatic rings. The van der Waals surface area contributed by atoms with Gasteiger partial charge in [0.25, 0.3) is 5.91 Å². The molecule has 0 aliphatic carbocycles. The number of nitriles is 1. The van der Waals surface area contributed by atoms with Crippen molar-refractivity contribution in [2.45, 2.75) is 32.7 Å². The highest BCUT2D eigenvalue weighted by Gasteiger charge is 2.28. The molecule has 1 aromatic heterocycles. The maximum absolute atomic E-state index is 12.5. The Hall–Kier alpha value is -2.20. The predicted octanol–water partition coefficient (Wildman–Crippen LogP) is 1.22. The zero-order chi connectivity index (χ0) is 17.9. The molecule has 0 bridgehead atoms. The van der Waals surface area contributed by atoms with Crippen molar-refractivity contribution in [3.8, 4) is 6.07 Å². The van der Waals surface area contributed by atoms with E-state index in [0.29, 0.717) is 19.0 Å². The van der Waals surface area contributed by atoms with Crippen LogP contribution in [0.25, 0.3) is 0 Å². The number of anilines is 1. The summed E-state index contributed by atoms with van der Waals surface area (Å²) in [6, 6.07) is 2.55. The van der Waals surface area contributed by atoms with Crippen LogP contribution in [0.2, 0.25) is 0 Å². The number of likely N-dealkylation sites (N-methyl/N-ethyl adjacent to an activating group) is 1. The van der Waals surface area contributed by atoms with Gasteiger partial charge in [-0.05, 0) is 34.4 Å². The van der Waals surface area contributed by atoms with Crippen molar-refractivity contribution in [2.75, 3.05) is 45.7 Å². The van der Waals surface area contributed by atoms with Gasteiger partial charge in [-0.15, -0.1) is 0 Å². The Bertz CT molecular complexity index is 651. The molecule has 1 atom stereocenters. The Balaban J connectivity index is 2.26. The predicted molar refractivity (Wildman–Crippen MR) is 93.0 cm³/mol. The Kier molecular flexibility index (Phi) is 5.73. The van der Waals surface area contributed by atoms with Gasteiger partial charge in [0.1, 0.15) is 5.82 Å². The van der Waals surface area contributed by atoms with Crippen molar-refractivity contribution in [1.29, 1.82) is 5.26 Å². The van der Waals surface area contributed by atoms with Gasteiger partial charge >= 0.3 is 0 Å². The minimum Gasteiger partial charge on any atom is -0.355 e. The van der Waals surface area contributed by atoms with E-state index in [4.69, 9.17) is 5.26 Å². The Labute approximate surface area is 143 Å². The molecule has 0 aromatic carbocycles. The lowest BCUT2D eigenvalue weighted by atomic mass is 10.2. The van der Waals surface area contributed by atoms with Crippen molar-refractivity contribution in [3.63, 3.8) is 0 Å². The summed E-state index contributed by atoms with van der Waals surface area (Å²) in [6.07, 6.45) is 1.39. The SMILES string of the molecule is Cc1nc(C(=O)N(C)CCC#N)nc(N2CC[C@@H](N(C)C)C2)c1C. The lowest BCUT2D eigenvalue weighted by Crippen LogP contribution is -2.33. The first kappa shape index (κ1) is 18.1. The lowest BCUT2D eigenvalue weighted by Gasteiger charge is -2.23. The van der Waals surface area contributed by atoms with E-state index in [9.17, 15) is 4.79 Å². The van der Waals surface area contributed by atoms with Gasteiger partial charge in [-0.2, -0.15) is 5.26 Å². The standard InChI is InChI=1S/C17H26N6O/c1-12-13(2)19-15(17(24)22(5)9-6-8-18)20-16(12)23-10-7-14(11-23)21(3)4/h14H,6-7,9-11H2,1-5H3/t14-/m1/s1. The summed E-state index contributed by atoms with van der Waals surface area (Å²) in [7, 11) is 5.85. The lowest BCUT2D eigenvalue weighted by molar-refractivity contribution is 0.0785. The second-order valence-corrected chi connectivity index (χ2v) is 6.57. The molecule has 1 amide bonds. The Morgan fingerprint density at radius 3 is 2.62 bits per heavy atom. The molecule has 0 N–H and O–H groups in total. The van der Waals surface area contributed by atoms with Crippen molar-refractivity contribution >= 4 is 11.7 Å². The molecule has 1 aliphatic heterocycles. The molecule has 2 heterocycles. The fourth-order valence-corrected chi connectivity index (χ4v) is 2.86. The maximum Gasteiger partial charge on any atom is 0.291 e. The summed E-state index contributed by atoms with van der Waals surface area (Å²) >= 11 is 0. The van der Waals surface area contributed by atoms with Gasteiger partial charge in [0.2, 0.25) is 5.82 Å². The zero-order valence-corrected chi connectivity index (χ0v) is 15.2. The number of aromatic nitrogens is 2. The number of rotatable bonds is 5. The van der Waals surface area contributed by atoms with Crippen LogP contribution < -0.4 is 4.90 Å². The van der Waals surface area contributed by atoms with E-state index in [1.165, 1.54) is 4.90 Å². The largest absolute Gasteiger partial charge is 0.355 e. The number of carbonyl (C=O) groups is 1. The molecule has 0 radical (unpaired) electrons. The first-order valence-electron chi connectivity index (χ1n) is 8.24. The Morgan fingerprint density at radius 1 is 1.33 bits per heavy atom. The number of amides is 1. The molecule has 0 spiro atoms. The molecule has 1 fully saturated rings. The highest BCUT2D eigenvalue weighted by molar-refractivity contribution is 5.90. The number of aryl methyl sites for hydroxylation is 1. The van der Waals surface area contributed by atoms with Crippen LogP contribution in [-0.2, 0) is 0 Å². The van der Waals surface area contributed by atoms with Crippen LogP contribution in [0.3, 0.4) is 0 Å². The van der Waals surface area contributed by atoms with E-state index in [2.05, 4.69) is 33.9 Å². The van der Waals surface area contributed by atoms with E-state index in [1.807, 2.05) is 19.9 Å². The molecule has 1 aromatic rings. The molecule has 1 saturated heterocycles. The molecule has 130 valence electrons. The fraction of sp³-hybridized carbons (Fsp3) is 0.647. The van der Waals surface area contributed by atoms with Crippen LogP contribution in [0, 0.1) is 25.2 Å². The molecule has 7 heteroatoms. The van der Waals surface area contributed by atoms with Crippen LogP contribution in [0.5, 0.6) is 0 Å². The molecular weight excluding hydrogens is 304 g/mol. The second-order valence-electron chi connectivity index (χ2n) is 6.57. The van der Waals surface area contributed by atoms with E-state index >= 15 is 0 Å². The van der Waals surface area contributed by atoms with Gasteiger partial charge in [0.15, 0.2) is 0 Å². The van der Waals surface area contributed by atoms with E-state index in [0.717, 1.165) is 36.6 Å². The number of hydrogen-bond donors (Lipinski definition) is 0. The summed E-state index contributed by atoms with van der Waals surface area (Å²) in [6.45, 7) is 6.13. The van der Waals surface area contributed by atoms with Gasteiger partial charge < -0.3 is 14.7 Å². The van der Waals surface area contributed by atoms with Gasteiger partial charge in [-0.3, -0.25) is 4.79 Å². The first-order chi connectivity index (χ1) is 11.3. The van der Waals surface area contributed by atoms with Crippen LogP contribution in [-0.4, -0.2) is 72.5 Å². The number of nitrogens with zero attached hydrogens (tertiary/aromatic N) is 6. The quantitative estimate of drug-likeness (QED) is 0.808. The van der Waals surface area contributed by atoms with Crippen molar-refractivity contribution < 1.29 is 4.79 Å². The van der Waals surface area contributed by atoms with E-state index in [-0.39, 0.29) is 11.7 Å². The van der Waals surface area contributed by atoms with E-state index in [1.54, 1.807) is 7.05 Å². The average Bonchev–Trinajstić information content (AvgIpc) is 3.04. The van der Waals surface area contributed by atoms with Crippen LogP contribution in [0.4, 0.5) is 5.82 Å². The molecule has 7 nitrogen and oxygen atoms in total. The third-order valence-corrected chi connectivity index (χ3v) is 4.65. The highest BCUT2D eigenvalue weighted by atomic mass is 16.2. The monoisotopic (exact) mass is 330 g/mol. The molecule has 2 rings (SSSR count). The average molecular weight is 330 g/mol. The zero-order valence-electron chi connectivity index (χ0n) is 15.2. The fourth-order valence-electron chi connectivity index (χ4n) is 2.86. The van der Waals surface area contributed by atoms with Gasteiger partial charge in [-0.25, -0.2) is 9.97 Å². The topological polar surface area (TPSA) is 76.4 Å². The van der Waals surface area contributed by atoms with Crippen LogP contribution in [0.1, 0.15) is 34.7 Å². The third kappa shape index (κ3) is 3.82. The highest BCUT2D eigenvalue weighted by Crippen LogP contribution is 2.25. The molecular formula is C17H26N6O. The van der Waals surface area contributed by atoms with Crippen LogP contribution in [0.15, 0.2) is 0 Å². The summed E-state index contributed by atoms with van der Waals surface area (Å²) in [5.41, 5.74) is 1.84. The molecule has 24 heavy (non-hydrogen) atoms. The number of hydrogen-bond acceptors (Lipinski definition) is 6. The van der Waals surface area contributed by atoms with E-state index < -0.39 is 0 Å². The molecule has 0 unspecified atom stereocenters. The van der Waals surface area contributed by atoms with Gasteiger partial charge in [0.05, 0.1) is 12.5 Å². The first-order valence-corrected chi connectivity index (χ1v) is 8.24. The van der Waals surface area contributed by atoms with Crippen LogP contribution >= 0.6 is 0 Å². The summed E-state index contributed by atoms with van der Waals surface area (Å²) in [4.78, 5) is 27.4. The van der Waals surface area contributed by atoms with Crippen molar-refractivity contribution in [1.82, 2.24) is 19.8 Å². The minimum absolute atomic E-state index is 0.210. The summed E-state index contributed by atoms with van der Waals surface area (Å²) < 4.78 is 0. The van der Waals surface area contributed by atoms with Crippen molar-refractivity contribution in [3.05, 3.63) is 17.1 Å². The maximum atomic E-state index is 12.5. The second kappa shape index (κ2) is 7.58. The summed E-state index contributed by atoms with van der Waals surface area (Å²) in [5.74, 6) is 0.823. The third-order valence-electron chi connectivity index (χ3n) is 4.65. The van der Waals surface area contributed by atoms with Gasteiger partial charge in [0, 0.05) is 44.0 Å². The minimum atomic E-state index is -0.238. The normalized spacial score (nSPS) is 17.2. The van der Waals surface area contributed by atoms with Gasteiger partial charge in [-0.1, -0.05) is 0 Å². The number of carbonyl (C=O) groups excluding carboxylic acids is 1. The smallest absolute Gasteiger partial charge is 0.291 e.